The second-order valence-corrected chi connectivity index (χ2v) is 8.59. The molecule has 1 saturated carbocycles. The highest BCUT2D eigenvalue weighted by molar-refractivity contribution is 7.15. The van der Waals surface area contributed by atoms with Crippen molar-refractivity contribution in [3.63, 3.8) is 0 Å². The highest BCUT2D eigenvalue weighted by Crippen LogP contribution is 2.41. The predicted molar refractivity (Wildman–Crippen MR) is 102 cm³/mol. The van der Waals surface area contributed by atoms with E-state index >= 15 is 0 Å². The van der Waals surface area contributed by atoms with Gasteiger partial charge in [0.05, 0.1) is 12.1 Å². The molecule has 1 aliphatic carbocycles. The van der Waals surface area contributed by atoms with Crippen molar-refractivity contribution in [2.75, 3.05) is 11.1 Å². The molecule has 3 aromatic heterocycles. The lowest BCUT2D eigenvalue weighted by atomic mass is 10.0. The van der Waals surface area contributed by atoms with E-state index in [1.807, 2.05) is 0 Å². The van der Waals surface area contributed by atoms with Crippen molar-refractivity contribution >= 4 is 38.8 Å². The summed E-state index contributed by atoms with van der Waals surface area (Å²) in [6.45, 7) is 0. The minimum atomic E-state index is -0.158. The molecule has 0 saturated heterocycles. The topological polar surface area (TPSA) is 132 Å². The van der Waals surface area contributed by atoms with Crippen molar-refractivity contribution in [1.82, 2.24) is 30.4 Å². The number of nitrogen functional groups attached to an aromatic ring is 1. The van der Waals surface area contributed by atoms with Crippen molar-refractivity contribution in [2.24, 2.45) is 5.92 Å². The van der Waals surface area contributed by atoms with Crippen molar-refractivity contribution < 1.29 is 4.79 Å². The van der Waals surface area contributed by atoms with Gasteiger partial charge in [-0.15, -0.1) is 20.4 Å². The highest BCUT2D eigenvalue weighted by Gasteiger charge is 2.29. The average molecular weight is 403 g/mol. The Morgan fingerprint density at radius 3 is 2.93 bits per heavy atom. The number of hydrogen-bond donors (Lipinski definition) is 2. The zero-order chi connectivity index (χ0) is 18.6. The van der Waals surface area contributed by atoms with Crippen LogP contribution in [0.25, 0.3) is 0 Å². The number of nitrogens with zero attached hydrogens (tertiary/aromatic N) is 6. The fourth-order valence-electron chi connectivity index (χ4n) is 3.28. The number of nitrogens with one attached hydrogen (secondary N) is 1. The van der Waals surface area contributed by atoms with Gasteiger partial charge < -0.3 is 11.1 Å². The first-order chi connectivity index (χ1) is 13.2. The third kappa shape index (κ3) is 4.61. The second kappa shape index (κ2) is 8.01. The summed E-state index contributed by atoms with van der Waals surface area (Å²) < 4.78 is 0. The van der Waals surface area contributed by atoms with Crippen LogP contribution < -0.4 is 11.1 Å². The van der Waals surface area contributed by atoms with Crippen molar-refractivity contribution in [2.45, 2.75) is 38.0 Å². The van der Waals surface area contributed by atoms with E-state index in [-0.39, 0.29) is 12.3 Å². The minimum absolute atomic E-state index is 0.158. The molecule has 140 valence electrons. The summed E-state index contributed by atoms with van der Waals surface area (Å²) in [5, 5.41) is 22.2. The summed E-state index contributed by atoms with van der Waals surface area (Å²) in [6, 6.07) is 1.72. The number of aromatic nitrogens is 6. The zero-order valence-corrected chi connectivity index (χ0v) is 16.0. The van der Waals surface area contributed by atoms with E-state index in [1.165, 1.54) is 29.0 Å². The van der Waals surface area contributed by atoms with Crippen LogP contribution in [0, 0.1) is 5.92 Å². The molecule has 0 aromatic carbocycles. The van der Waals surface area contributed by atoms with Crippen LogP contribution in [0.3, 0.4) is 0 Å². The maximum atomic E-state index is 12.1. The van der Waals surface area contributed by atoms with Crippen LogP contribution in [0.15, 0.2) is 18.6 Å². The van der Waals surface area contributed by atoms with Gasteiger partial charge in [0.1, 0.15) is 16.3 Å². The van der Waals surface area contributed by atoms with E-state index in [0.29, 0.717) is 27.8 Å². The molecule has 3 aromatic rings. The van der Waals surface area contributed by atoms with Gasteiger partial charge in [0.15, 0.2) is 0 Å². The Hall–Kier alpha value is -2.53. The molecule has 3 N–H and O–H groups in total. The van der Waals surface area contributed by atoms with E-state index in [2.05, 4.69) is 35.7 Å². The van der Waals surface area contributed by atoms with Crippen molar-refractivity contribution in [3.05, 3.63) is 34.3 Å². The summed E-state index contributed by atoms with van der Waals surface area (Å²) >= 11 is 2.91. The fraction of sp³-hybridized carbons (Fsp3) is 0.438. The Bertz CT molecular complexity index is 912. The molecule has 1 fully saturated rings. The Balaban J connectivity index is 1.31. The van der Waals surface area contributed by atoms with Gasteiger partial charge in [-0.05, 0) is 31.2 Å². The van der Waals surface area contributed by atoms with Crippen LogP contribution >= 0.6 is 22.7 Å². The van der Waals surface area contributed by atoms with Gasteiger partial charge in [0, 0.05) is 18.5 Å². The second-order valence-electron chi connectivity index (χ2n) is 6.49. The SMILES string of the molecule is Nc1nnc(CC2CCC(c3nnc(NC(=O)Cc4ccncn4)s3)C2)s1. The number of carbonyl (C=O) groups excluding carboxylic acids is 1. The number of hydrogen-bond acceptors (Lipinski definition) is 10. The molecule has 2 unspecified atom stereocenters. The van der Waals surface area contributed by atoms with Crippen molar-refractivity contribution in [1.29, 1.82) is 0 Å². The molecule has 0 aliphatic heterocycles. The van der Waals surface area contributed by atoms with Gasteiger partial charge in [-0.25, -0.2) is 9.97 Å². The van der Waals surface area contributed by atoms with Gasteiger partial charge in [-0.2, -0.15) is 0 Å². The molecule has 27 heavy (non-hydrogen) atoms. The number of nitrogens with two attached hydrogens (primary N) is 1. The van der Waals surface area contributed by atoms with E-state index in [9.17, 15) is 4.79 Å². The van der Waals surface area contributed by atoms with E-state index in [1.54, 1.807) is 12.3 Å². The first kappa shape index (κ1) is 17.9. The molecule has 11 heteroatoms. The first-order valence-corrected chi connectivity index (χ1v) is 10.2. The monoisotopic (exact) mass is 402 g/mol. The molecular weight excluding hydrogens is 384 g/mol. The summed E-state index contributed by atoms with van der Waals surface area (Å²) in [6.07, 6.45) is 7.38. The maximum absolute atomic E-state index is 12.1. The number of carbonyl (C=O) groups is 1. The third-order valence-electron chi connectivity index (χ3n) is 4.51. The summed E-state index contributed by atoms with van der Waals surface area (Å²) in [4.78, 5) is 20.0. The average Bonchev–Trinajstić information content (AvgIpc) is 3.38. The number of amides is 1. The smallest absolute Gasteiger partial charge is 0.232 e. The van der Waals surface area contributed by atoms with Gasteiger partial charge in [-0.3, -0.25) is 4.79 Å². The molecule has 1 aliphatic rings. The number of anilines is 2. The van der Waals surface area contributed by atoms with E-state index in [0.717, 1.165) is 35.7 Å². The quantitative estimate of drug-likeness (QED) is 0.640. The molecule has 9 nitrogen and oxygen atoms in total. The van der Waals surface area contributed by atoms with E-state index in [4.69, 9.17) is 5.73 Å². The Kier molecular flexibility index (Phi) is 5.30. The summed E-state index contributed by atoms with van der Waals surface area (Å²) in [5.41, 5.74) is 6.32. The van der Waals surface area contributed by atoms with Gasteiger partial charge >= 0.3 is 0 Å². The molecule has 2 atom stereocenters. The zero-order valence-electron chi connectivity index (χ0n) is 14.4. The molecule has 3 heterocycles. The standard InChI is InChI=1S/C16H18N8OS2/c17-15-23-21-13(26-15)6-9-1-2-10(5-9)14-22-24-16(27-14)20-12(25)7-11-3-4-18-8-19-11/h3-4,8-10H,1-2,5-7H2,(H2,17,23)(H,20,24,25). The predicted octanol–water partition coefficient (Wildman–Crippen LogP) is 2.07. The summed E-state index contributed by atoms with van der Waals surface area (Å²) in [5.74, 6) is 0.780. The van der Waals surface area contributed by atoms with Crippen LogP contribution in [-0.4, -0.2) is 36.3 Å². The highest BCUT2D eigenvalue weighted by atomic mass is 32.1. The van der Waals surface area contributed by atoms with Crippen LogP contribution in [0.5, 0.6) is 0 Å². The summed E-state index contributed by atoms with van der Waals surface area (Å²) in [7, 11) is 0. The maximum Gasteiger partial charge on any atom is 0.232 e. The van der Waals surface area contributed by atoms with Gasteiger partial charge in [-0.1, -0.05) is 22.7 Å². The van der Waals surface area contributed by atoms with Gasteiger partial charge in [0.2, 0.25) is 16.2 Å². The molecular formula is C16H18N8OS2. The van der Waals surface area contributed by atoms with Crippen LogP contribution in [0.4, 0.5) is 10.3 Å². The molecule has 0 radical (unpaired) electrons. The molecule has 1 amide bonds. The lowest BCUT2D eigenvalue weighted by Crippen LogP contribution is -2.15. The number of rotatable bonds is 6. The lowest BCUT2D eigenvalue weighted by Gasteiger charge is -2.06. The van der Waals surface area contributed by atoms with Crippen LogP contribution in [-0.2, 0) is 17.6 Å². The normalized spacial score (nSPS) is 19.3. The van der Waals surface area contributed by atoms with Crippen LogP contribution in [0.2, 0.25) is 0 Å². The molecule has 0 bridgehead atoms. The van der Waals surface area contributed by atoms with E-state index < -0.39 is 0 Å². The Morgan fingerprint density at radius 1 is 1.22 bits per heavy atom. The molecule has 4 rings (SSSR count). The fourth-order valence-corrected chi connectivity index (χ4v) is 4.91. The van der Waals surface area contributed by atoms with Gasteiger partial charge in [0.25, 0.3) is 0 Å². The molecule has 0 spiro atoms. The minimum Gasteiger partial charge on any atom is -0.374 e. The lowest BCUT2D eigenvalue weighted by molar-refractivity contribution is -0.115. The Labute approximate surface area is 163 Å². The Morgan fingerprint density at radius 2 is 2.15 bits per heavy atom. The van der Waals surface area contributed by atoms with Crippen LogP contribution in [0.1, 0.15) is 40.9 Å². The largest absolute Gasteiger partial charge is 0.374 e. The first-order valence-electron chi connectivity index (χ1n) is 8.61. The van der Waals surface area contributed by atoms with Crippen molar-refractivity contribution in [3.8, 4) is 0 Å². The third-order valence-corrected chi connectivity index (χ3v) is 6.28.